The highest BCUT2D eigenvalue weighted by Gasteiger charge is 2.28. The minimum absolute atomic E-state index is 0.234. The second kappa shape index (κ2) is 10.0. The Morgan fingerprint density at radius 1 is 0.875 bits per heavy atom. The first-order chi connectivity index (χ1) is 15.4. The topological polar surface area (TPSA) is 69.7 Å². The van der Waals surface area contributed by atoms with Gasteiger partial charge in [-0.15, -0.1) is 0 Å². The number of benzene rings is 2. The van der Waals surface area contributed by atoms with Gasteiger partial charge in [0.1, 0.15) is 0 Å². The Balaban J connectivity index is 1.42. The number of rotatable bonds is 6. The molecule has 1 N–H and O–H groups in total. The van der Waals surface area contributed by atoms with Crippen molar-refractivity contribution in [2.45, 2.75) is 56.9 Å². The van der Waals surface area contributed by atoms with Gasteiger partial charge in [-0.25, -0.2) is 8.42 Å². The largest absolute Gasteiger partial charge is 0.372 e. The number of hydrogen-bond acceptors (Lipinski definition) is 4. The fourth-order valence-electron chi connectivity index (χ4n) is 4.52. The van der Waals surface area contributed by atoms with Crippen LogP contribution in [0.4, 0.5) is 5.69 Å². The van der Waals surface area contributed by atoms with E-state index in [-0.39, 0.29) is 10.8 Å². The van der Waals surface area contributed by atoms with Crippen molar-refractivity contribution in [3.8, 4) is 0 Å². The van der Waals surface area contributed by atoms with Crippen LogP contribution in [0.1, 0.15) is 60.0 Å². The molecule has 0 aromatic heterocycles. The molecule has 2 aliphatic rings. The van der Waals surface area contributed by atoms with Crippen molar-refractivity contribution in [2.75, 3.05) is 31.1 Å². The van der Waals surface area contributed by atoms with Crippen molar-refractivity contribution in [2.24, 2.45) is 0 Å². The van der Waals surface area contributed by atoms with Crippen molar-refractivity contribution in [3.05, 3.63) is 59.2 Å². The second-order valence-electron chi connectivity index (χ2n) is 8.84. The zero-order valence-electron chi connectivity index (χ0n) is 18.8. The number of anilines is 1. The molecular weight excluding hydrogens is 422 g/mol. The van der Waals surface area contributed by atoms with E-state index in [1.54, 1.807) is 23.4 Å². The van der Waals surface area contributed by atoms with Gasteiger partial charge in [0.25, 0.3) is 5.91 Å². The third-order valence-electron chi connectivity index (χ3n) is 6.49. The van der Waals surface area contributed by atoms with Crippen molar-refractivity contribution in [3.63, 3.8) is 0 Å². The van der Waals surface area contributed by atoms with Gasteiger partial charge >= 0.3 is 0 Å². The van der Waals surface area contributed by atoms with E-state index in [0.717, 1.165) is 37.9 Å². The number of hydrogen-bond donors (Lipinski definition) is 1. The van der Waals surface area contributed by atoms with Gasteiger partial charge in [-0.05, 0) is 74.4 Å². The van der Waals surface area contributed by atoms with Crippen LogP contribution >= 0.6 is 0 Å². The number of carbonyl (C=O) groups is 1. The summed E-state index contributed by atoms with van der Waals surface area (Å²) >= 11 is 0. The predicted molar refractivity (Wildman–Crippen MR) is 127 cm³/mol. The van der Waals surface area contributed by atoms with Crippen LogP contribution in [-0.4, -0.2) is 44.8 Å². The van der Waals surface area contributed by atoms with Gasteiger partial charge in [0.15, 0.2) is 0 Å². The number of nitrogens with one attached hydrogen (secondary N) is 1. The summed E-state index contributed by atoms with van der Waals surface area (Å²) in [6, 6.07) is 13.3. The van der Waals surface area contributed by atoms with E-state index >= 15 is 0 Å². The predicted octanol–water partition coefficient (Wildman–Crippen LogP) is 4.09. The van der Waals surface area contributed by atoms with E-state index in [1.807, 2.05) is 12.1 Å². The van der Waals surface area contributed by atoms with Gasteiger partial charge in [-0.2, -0.15) is 4.31 Å². The summed E-state index contributed by atoms with van der Waals surface area (Å²) in [6.45, 7) is 5.49. The standard InChI is InChI=1S/C25H33N3O3S/c1-20-8-11-22(18-24(20)32(30,31)28-16-6-3-7-17-28)25(29)26-19-21-9-12-23(13-10-21)27-14-4-2-5-15-27/h8-13,18H,2-7,14-17,19H2,1H3,(H,26,29). The molecule has 1 amide bonds. The van der Waals surface area contributed by atoms with Crippen LogP contribution in [0.2, 0.25) is 0 Å². The second-order valence-corrected chi connectivity index (χ2v) is 10.7. The Morgan fingerprint density at radius 3 is 2.16 bits per heavy atom. The molecule has 2 saturated heterocycles. The Hall–Kier alpha value is -2.38. The van der Waals surface area contributed by atoms with E-state index in [4.69, 9.17) is 0 Å². The van der Waals surface area contributed by atoms with Gasteiger partial charge in [0, 0.05) is 44.0 Å². The van der Waals surface area contributed by atoms with E-state index in [1.165, 1.54) is 31.0 Å². The molecule has 0 bridgehead atoms. The van der Waals surface area contributed by atoms with Crippen molar-refractivity contribution >= 4 is 21.6 Å². The molecule has 2 aliphatic heterocycles. The Morgan fingerprint density at radius 2 is 1.50 bits per heavy atom. The first kappa shape index (κ1) is 22.8. The Labute approximate surface area is 191 Å². The van der Waals surface area contributed by atoms with Crippen molar-refractivity contribution < 1.29 is 13.2 Å². The van der Waals surface area contributed by atoms with Gasteiger partial charge in [0.05, 0.1) is 4.90 Å². The molecule has 0 atom stereocenters. The van der Waals surface area contributed by atoms with E-state index < -0.39 is 10.0 Å². The van der Waals surface area contributed by atoms with E-state index in [9.17, 15) is 13.2 Å². The third kappa shape index (κ3) is 5.15. The summed E-state index contributed by atoms with van der Waals surface area (Å²) in [5.74, 6) is -0.264. The summed E-state index contributed by atoms with van der Waals surface area (Å²) in [5, 5.41) is 2.93. The SMILES string of the molecule is Cc1ccc(C(=O)NCc2ccc(N3CCCCC3)cc2)cc1S(=O)(=O)N1CCCCC1. The molecule has 6 nitrogen and oxygen atoms in total. The van der Waals surface area contributed by atoms with Crippen molar-refractivity contribution in [1.82, 2.24) is 9.62 Å². The third-order valence-corrected chi connectivity index (χ3v) is 8.53. The molecule has 0 unspecified atom stereocenters. The lowest BCUT2D eigenvalue weighted by atomic mass is 10.1. The van der Waals surface area contributed by atoms with E-state index in [0.29, 0.717) is 30.8 Å². The van der Waals surface area contributed by atoms with Crippen LogP contribution in [0.15, 0.2) is 47.4 Å². The molecule has 2 heterocycles. The first-order valence-electron chi connectivity index (χ1n) is 11.7. The van der Waals surface area contributed by atoms with E-state index in [2.05, 4.69) is 22.3 Å². The van der Waals surface area contributed by atoms with Gasteiger partial charge < -0.3 is 10.2 Å². The van der Waals surface area contributed by atoms with Crippen LogP contribution in [-0.2, 0) is 16.6 Å². The number of sulfonamides is 1. The van der Waals surface area contributed by atoms with Crippen LogP contribution in [0.3, 0.4) is 0 Å². The molecule has 172 valence electrons. The minimum atomic E-state index is -3.58. The molecule has 4 rings (SSSR count). The number of piperidine rings is 2. The van der Waals surface area contributed by atoms with Gasteiger partial charge in [-0.3, -0.25) is 4.79 Å². The molecule has 7 heteroatoms. The lowest BCUT2D eigenvalue weighted by molar-refractivity contribution is 0.0950. The highest BCUT2D eigenvalue weighted by molar-refractivity contribution is 7.89. The lowest BCUT2D eigenvalue weighted by Crippen LogP contribution is -2.36. The maximum Gasteiger partial charge on any atom is 0.251 e. The van der Waals surface area contributed by atoms with Crippen molar-refractivity contribution in [1.29, 1.82) is 0 Å². The fraction of sp³-hybridized carbons (Fsp3) is 0.480. The summed E-state index contributed by atoms with van der Waals surface area (Å²) < 4.78 is 27.8. The molecule has 2 fully saturated rings. The van der Waals surface area contributed by atoms with Crippen LogP contribution in [0.25, 0.3) is 0 Å². The zero-order valence-corrected chi connectivity index (χ0v) is 19.7. The summed E-state index contributed by atoms with van der Waals surface area (Å²) in [6.07, 6.45) is 6.62. The molecule has 32 heavy (non-hydrogen) atoms. The maximum atomic E-state index is 13.1. The number of carbonyl (C=O) groups excluding carboxylic acids is 1. The Bertz CT molecular complexity index is 1040. The molecule has 0 saturated carbocycles. The molecule has 2 aromatic carbocycles. The smallest absolute Gasteiger partial charge is 0.251 e. The van der Waals surface area contributed by atoms with Crippen LogP contribution in [0.5, 0.6) is 0 Å². The number of aryl methyl sites for hydroxylation is 1. The molecular formula is C25H33N3O3S. The van der Waals surface area contributed by atoms with Crippen LogP contribution < -0.4 is 10.2 Å². The minimum Gasteiger partial charge on any atom is -0.372 e. The average molecular weight is 456 g/mol. The molecule has 0 radical (unpaired) electrons. The zero-order chi connectivity index (χ0) is 22.6. The Kier molecular flexibility index (Phi) is 7.16. The first-order valence-corrected chi connectivity index (χ1v) is 13.1. The monoisotopic (exact) mass is 455 g/mol. The van der Waals surface area contributed by atoms with Crippen LogP contribution in [0, 0.1) is 6.92 Å². The average Bonchev–Trinajstić information content (AvgIpc) is 2.84. The fourth-order valence-corrected chi connectivity index (χ4v) is 6.29. The van der Waals surface area contributed by atoms with Gasteiger partial charge in [0.2, 0.25) is 10.0 Å². The summed E-state index contributed by atoms with van der Waals surface area (Å²) in [4.78, 5) is 15.4. The summed E-state index contributed by atoms with van der Waals surface area (Å²) in [7, 11) is -3.58. The maximum absolute atomic E-state index is 13.1. The quantitative estimate of drug-likeness (QED) is 0.712. The molecule has 2 aromatic rings. The van der Waals surface area contributed by atoms with Gasteiger partial charge in [-0.1, -0.05) is 24.6 Å². The lowest BCUT2D eigenvalue weighted by Gasteiger charge is -2.28. The molecule has 0 aliphatic carbocycles. The highest BCUT2D eigenvalue weighted by atomic mass is 32.2. The normalized spacial score (nSPS) is 17.8. The highest BCUT2D eigenvalue weighted by Crippen LogP contribution is 2.25. The number of nitrogens with zero attached hydrogens (tertiary/aromatic N) is 2. The summed E-state index contributed by atoms with van der Waals surface area (Å²) in [5.41, 5.74) is 3.29. The molecule has 0 spiro atoms. The number of amides is 1.